The summed E-state index contributed by atoms with van der Waals surface area (Å²) in [4.78, 5) is 2.58. The first kappa shape index (κ1) is 15.8. The number of rotatable bonds is 6. The fourth-order valence-electron chi connectivity index (χ4n) is 3.83. The van der Waals surface area contributed by atoms with Gasteiger partial charge in [-0.3, -0.25) is 4.90 Å². The third kappa shape index (κ3) is 3.19. The van der Waals surface area contributed by atoms with E-state index >= 15 is 0 Å². The van der Waals surface area contributed by atoms with Crippen LogP contribution in [0.15, 0.2) is 24.3 Å². The quantitative estimate of drug-likeness (QED) is 0.863. The maximum absolute atomic E-state index is 6.66. The minimum atomic E-state index is 0.198. The molecule has 2 rings (SSSR count). The van der Waals surface area contributed by atoms with Gasteiger partial charge in [-0.1, -0.05) is 50.4 Å². The zero-order chi connectivity index (χ0) is 14.6. The van der Waals surface area contributed by atoms with Crippen molar-refractivity contribution in [2.75, 3.05) is 13.1 Å². The lowest BCUT2D eigenvalue weighted by Gasteiger charge is -2.45. The Labute approximate surface area is 128 Å². The van der Waals surface area contributed by atoms with Gasteiger partial charge in [0.15, 0.2) is 0 Å². The van der Waals surface area contributed by atoms with Gasteiger partial charge in [-0.25, -0.2) is 0 Å². The Morgan fingerprint density at radius 2 is 1.70 bits per heavy atom. The number of nitrogens with two attached hydrogens (primary N) is 1. The normalized spacial score (nSPS) is 19.4. The number of benzene rings is 1. The van der Waals surface area contributed by atoms with E-state index in [-0.39, 0.29) is 11.6 Å². The molecule has 0 bridgehead atoms. The number of halogens is 1. The lowest BCUT2D eigenvalue weighted by atomic mass is 9.83. The van der Waals surface area contributed by atoms with E-state index in [1.807, 2.05) is 12.1 Å². The van der Waals surface area contributed by atoms with Crippen LogP contribution in [0.3, 0.4) is 0 Å². The Balaban J connectivity index is 2.14. The SMILES string of the molecule is CCN(CC)C1(C(N)Cc2ccc(Cl)cc2)CCCC1. The third-order valence-electron chi connectivity index (χ3n) is 4.92. The minimum absolute atomic E-state index is 0.198. The van der Waals surface area contributed by atoms with Gasteiger partial charge >= 0.3 is 0 Å². The molecule has 0 aliphatic heterocycles. The molecule has 1 saturated carbocycles. The molecule has 2 nitrogen and oxygen atoms in total. The molecular formula is C17H27ClN2. The van der Waals surface area contributed by atoms with Crippen LogP contribution >= 0.6 is 11.6 Å². The molecule has 0 amide bonds. The van der Waals surface area contributed by atoms with Gasteiger partial charge in [0, 0.05) is 16.6 Å². The Bertz CT molecular complexity index is 406. The second kappa shape index (κ2) is 6.93. The van der Waals surface area contributed by atoms with E-state index in [0.29, 0.717) is 0 Å². The number of hydrogen-bond acceptors (Lipinski definition) is 2. The summed E-state index contributed by atoms with van der Waals surface area (Å²) in [5.74, 6) is 0. The van der Waals surface area contributed by atoms with Crippen LogP contribution in [-0.4, -0.2) is 29.6 Å². The Kier molecular flexibility index (Phi) is 5.48. The van der Waals surface area contributed by atoms with Crippen molar-refractivity contribution in [1.82, 2.24) is 4.90 Å². The Morgan fingerprint density at radius 3 is 2.20 bits per heavy atom. The van der Waals surface area contributed by atoms with Crippen molar-refractivity contribution >= 4 is 11.6 Å². The second-order valence-corrected chi connectivity index (χ2v) is 6.36. The number of likely N-dealkylation sites (N-methyl/N-ethyl adjacent to an activating group) is 1. The maximum atomic E-state index is 6.66. The van der Waals surface area contributed by atoms with E-state index < -0.39 is 0 Å². The highest BCUT2D eigenvalue weighted by atomic mass is 35.5. The summed E-state index contributed by atoms with van der Waals surface area (Å²) in [5, 5.41) is 0.793. The van der Waals surface area contributed by atoms with Crippen molar-refractivity contribution in [3.8, 4) is 0 Å². The van der Waals surface area contributed by atoms with Crippen molar-refractivity contribution < 1.29 is 0 Å². The van der Waals surface area contributed by atoms with Gasteiger partial charge in [-0.05, 0) is 50.0 Å². The number of nitrogens with zero attached hydrogens (tertiary/aromatic N) is 1. The van der Waals surface area contributed by atoms with Crippen molar-refractivity contribution in [3.63, 3.8) is 0 Å². The van der Waals surface area contributed by atoms with Crippen LogP contribution in [0.5, 0.6) is 0 Å². The highest BCUT2D eigenvalue weighted by molar-refractivity contribution is 6.30. The summed E-state index contributed by atoms with van der Waals surface area (Å²) in [6.45, 7) is 6.67. The zero-order valence-electron chi connectivity index (χ0n) is 12.7. The molecule has 1 aliphatic carbocycles. The summed E-state index contributed by atoms with van der Waals surface area (Å²) in [5.41, 5.74) is 8.15. The molecule has 3 heteroatoms. The van der Waals surface area contributed by atoms with Crippen molar-refractivity contribution in [2.45, 2.75) is 57.5 Å². The van der Waals surface area contributed by atoms with Crippen LogP contribution in [0.25, 0.3) is 0 Å². The molecule has 1 unspecified atom stereocenters. The summed E-state index contributed by atoms with van der Waals surface area (Å²) in [6, 6.07) is 8.33. The van der Waals surface area contributed by atoms with E-state index in [1.54, 1.807) is 0 Å². The highest BCUT2D eigenvalue weighted by Gasteiger charge is 2.43. The molecule has 2 N–H and O–H groups in total. The highest BCUT2D eigenvalue weighted by Crippen LogP contribution is 2.38. The smallest absolute Gasteiger partial charge is 0.0406 e. The van der Waals surface area contributed by atoms with Gasteiger partial charge < -0.3 is 5.73 Å². The van der Waals surface area contributed by atoms with E-state index in [1.165, 1.54) is 31.2 Å². The molecule has 0 saturated heterocycles. The first-order valence-corrected chi connectivity index (χ1v) is 8.25. The predicted octanol–water partition coefficient (Wildman–Crippen LogP) is 3.86. The van der Waals surface area contributed by atoms with E-state index in [0.717, 1.165) is 24.5 Å². The summed E-state index contributed by atoms with van der Waals surface area (Å²) in [7, 11) is 0. The molecular weight excluding hydrogens is 268 g/mol. The molecule has 0 radical (unpaired) electrons. The van der Waals surface area contributed by atoms with Crippen LogP contribution in [0.2, 0.25) is 5.02 Å². The average molecular weight is 295 g/mol. The van der Waals surface area contributed by atoms with Crippen molar-refractivity contribution in [2.24, 2.45) is 5.73 Å². The molecule has 1 atom stereocenters. The number of hydrogen-bond donors (Lipinski definition) is 1. The summed E-state index contributed by atoms with van der Waals surface area (Å²) < 4.78 is 0. The van der Waals surface area contributed by atoms with Gasteiger partial charge in [0.1, 0.15) is 0 Å². The van der Waals surface area contributed by atoms with E-state index in [9.17, 15) is 0 Å². The average Bonchev–Trinajstić information content (AvgIpc) is 2.93. The fourth-order valence-corrected chi connectivity index (χ4v) is 3.95. The van der Waals surface area contributed by atoms with Crippen LogP contribution in [-0.2, 0) is 6.42 Å². The lowest BCUT2D eigenvalue weighted by molar-refractivity contribution is 0.0772. The molecule has 0 heterocycles. The second-order valence-electron chi connectivity index (χ2n) is 5.92. The van der Waals surface area contributed by atoms with Crippen LogP contribution in [0.1, 0.15) is 45.1 Å². The van der Waals surface area contributed by atoms with Gasteiger partial charge in [-0.15, -0.1) is 0 Å². The predicted molar refractivity (Wildman–Crippen MR) is 87.3 cm³/mol. The fraction of sp³-hybridized carbons (Fsp3) is 0.647. The molecule has 0 aromatic heterocycles. The molecule has 0 spiro atoms. The van der Waals surface area contributed by atoms with E-state index in [4.69, 9.17) is 17.3 Å². The summed E-state index contributed by atoms with van der Waals surface area (Å²) >= 11 is 5.96. The maximum Gasteiger partial charge on any atom is 0.0406 e. The summed E-state index contributed by atoms with van der Waals surface area (Å²) in [6.07, 6.45) is 6.04. The molecule has 1 aromatic carbocycles. The molecule has 1 aliphatic rings. The third-order valence-corrected chi connectivity index (χ3v) is 5.17. The molecule has 1 fully saturated rings. The first-order valence-electron chi connectivity index (χ1n) is 7.87. The van der Waals surface area contributed by atoms with E-state index in [2.05, 4.69) is 30.9 Å². The molecule has 1 aromatic rings. The monoisotopic (exact) mass is 294 g/mol. The molecule has 112 valence electrons. The van der Waals surface area contributed by atoms with Gasteiger partial charge in [0.2, 0.25) is 0 Å². The van der Waals surface area contributed by atoms with Crippen LogP contribution in [0.4, 0.5) is 0 Å². The van der Waals surface area contributed by atoms with Gasteiger partial charge in [-0.2, -0.15) is 0 Å². The zero-order valence-corrected chi connectivity index (χ0v) is 13.5. The largest absolute Gasteiger partial charge is 0.326 e. The molecule has 20 heavy (non-hydrogen) atoms. The van der Waals surface area contributed by atoms with Crippen LogP contribution < -0.4 is 5.73 Å². The standard InChI is InChI=1S/C17H27ClN2/c1-3-20(4-2)17(11-5-6-12-17)16(19)13-14-7-9-15(18)10-8-14/h7-10,16H,3-6,11-13,19H2,1-2H3. The Morgan fingerprint density at radius 1 is 1.15 bits per heavy atom. The van der Waals surface area contributed by atoms with Crippen molar-refractivity contribution in [3.05, 3.63) is 34.9 Å². The van der Waals surface area contributed by atoms with Crippen LogP contribution in [0, 0.1) is 0 Å². The Hall–Kier alpha value is -0.570. The first-order chi connectivity index (χ1) is 9.62. The topological polar surface area (TPSA) is 29.3 Å². The van der Waals surface area contributed by atoms with Crippen molar-refractivity contribution in [1.29, 1.82) is 0 Å². The van der Waals surface area contributed by atoms with Gasteiger partial charge in [0.25, 0.3) is 0 Å². The minimum Gasteiger partial charge on any atom is -0.326 e. The lowest BCUT2D eigenvalue weighted by Crippen LogP contribution is -2.59. The van der Waals surface area contributed by atoms with Gasteiger partial charge in [0.05, 0.1) is 0 Å².